The van der Waals surface area contributed by atoms with Crippen LogP contribution in [0.25, 0.3) is 11.0 Å². The van der Waals surface area contributed by atoms with E-state index in [1.165, 1.54) is 6.07 Å². The van der Waals surface area contributed by atoms with Gasteiger partial charge in [-0.2, -0.15) is 0 Å². The second kappa shape index (κ2) is 4.92. The van der Waals surface area contributed by atoms with Gasteiger partial charge in [0.15, 0.2) is 11.6 Å². The monoisotopic (exact) mass is 312 g/mol. The van der Waals surface area contributed by atoms with Gasteiger partial charge in [0, 0.05) is 12.3 Å². The molecule has 1 aromatic heterocycles. The van der Waals surface area contributed by atoms with E-state index < -0.39 is 11.6 Å². The van der Waals surface area contributed by atoms with E-state index >= 15 is 0 Å². The lowest BCUT2D eigenvalue weighted by molar-refractivity contribution is 0.0939. The molecule has 3 heterocycles. The summed E-state index contributed by atoms with van der Waals surface area (Å²) in [7, 11) is 0. The number of fused-ring (bicyclic) bond motifs is 3. The Balaban J connectivity index is 1.92. The summed E-state index contributed by atoms with van der Waals surface area (Å²) in [5, 5.41) is 0. The molecule has 2 aromatic rings. The Bertz CT molecular complexity index is 703. The molecule has 2 aliphatic rings. The van der Waals surface area contributed by atoms with Gasteiger partial charge >= 0.3 is 0 Å². The van der Waals surface area contributed by atoms with E-state index in [0.717, 1.165) is 25.3 Å². The third-order valence-electron chi connectivity index (χ3n) is 4.54. The Morgan fingerprint density at radius 2 is 2.19 bits per heavy atom. The van der Waals surface area contributed by atoms with E-state index in [2.05, 4.69) is 4.98 Å². The highest BCUT2D eigenvalue weighted by Gasteiger charge is 2.43. The van der Waals surface area contributed by atoms with Crippen LogP contribution in [-0.2, 0) is 11.2 Å². The Morgan fingerprint density at radius 1 is 1.33 bits per heavy atom. The fourth-order valence-corrected chi connectivity index (χ4v) is 3.84. The topological polar surface area (TPSA) is 27.1 Å². The van der Waals surface area contributed by atoms with Gasteiger partial charge in [0.2, 0.25) is 0 Å². The molecule has 0 N–H and O–H groups in total. The Morgan fingerprint density at radius 3 is 2.86 bits per heavy atom. The average Bonchev–Trinajstić information content (AvgIpc) is 3.16. The number of nitrogens with zero attached hydrogens (tertiary/aromatic N) is 2. The van der Waals surface area contributed by atoms with Crippen LogP contribution >= 0.6 is 11.6 Å². The van der Waals surface area contributed by atoms with Gasteiger partial charge in [-0.25, -0.2) is 13.8 Å². The number of imidazole rings is 1. The molecule has 6 heteroatoms. The molecule has 2 bridgehead atoms. The van der Waals surface area contributed by atoms with Crippen molar-refractivity contribution in [3.8, 4) is 0 Å². The third kappa shape index (κ3) is 1.98. The van der Waals surface area contributed by atoms with E-state index in [0.29, 0.717) is 23.6 Å². The highest BCUT2D eigenvalue weighted by molar-refractivity contribution is 6.17. The molecule has 3 unspecified atom stereocenters. The normalized spacial score (nSPS) is 27.9. The summed E-state index contributed by atoms with van der Waals surface area (Å²) in [6, 6.07) is 2.68. The van der Waals surface area contributed by atoms with E-state index in [9.17, 15) is 8.78 Å². The Kier molecular flexibility index (Phi) is 3.15. The maximum atomic E-state index is 14.3. The first-order chi connectivity index (χ1) is 10.2. The summed E-state index contributed by atoms with van der Waals surface area (Å²) in [5.74, 6) is -0.561. The van der Waals surface area contributed by atoms with E-state index in [-0.39, 0.29) is 23.8 Å². The van der Waals surface area contributed by atoms with Gasteiger partial charge in [-0.05, 0) is 31.4 Å². The lowest BCUT2D eigenvalue weighted by atomic mass is 9.95. The molecule has 1 aromatic carbocycles. The van der Waals surface area contributed by atoms with Gasteiger partial charge in [0.25, 0.3) is 0 Å². The molecule has 4 rings (SSSR count). The first-order valence-electron chi connectivity index (χ1n) is 7.25. The lowest BCUT2D eigenvalue weighted by Gasteiger charge is -2.23. The number of aryl methyl sites for hydroxylation is 1. The quantitative estimate of drug-likeness (QED) is 0.810. The summed E-state index contributed by atoms with van der Waals surface area (Å²) in [6.45, 7) is 0. The standard InChI is InChI=1S/C15H15ClF2N2O/c16-6-5-13-19-10-3-2-9(17)14(18)15(10)20(13)11-7-8-1-4-12(11)21-8/h2-3,8,11-12H,1,4-7H2. The molecule has 3 nitrogen and oxygen atoms in total. The molecule has 0 saturated carbocycles. The number of hydrogen-bond acceptors (Lipinski definition) is 2. The molecule has 2 fully saturated rings. The zero-order chi connectivity index (χ0) is 14.6. The number of ether oxygens (including phenoxy) is 1. The van der Waals surface area contributed by atoms with Gasteiger partial charge in [-0.1, -0.05) is 0 Å². The molecule has 0 radical (unpaired) electrons. The highest BCUT2D eigenvalue weighted by atomic mass is 35.5. The zero-order valence-corrected chi connectivity index (χ0v) is 12.1. The van der Waals surface area contributed by atoms with Crippen LogP contribution in [-0.4, -0.2) is 27.6 Å². The highest BCUT2D eigenvalue weighted by Crippen LogP contribution is 2.43. The van der Waals surface area contributed by atoms with Crippen molar-refractivity contribution < 1.29 is 13.5 Å². The van der Waals surface area contributed by atoms with Crippen molar-refractivity contribution in [2.45, 2.75) is 43.9 Å². The van der Waals surface area contributed by atoms with Crippen molar-refractivity contribution in [1.29, 1.82) is 0 Å². The molecule has 3 atom stereocenters. The maximum Gasteiger partial charge on any atom is 0.184 e. The summed E-state index contributed by atoms with van der Waals surface area (Å²) < 4.78 is 35.6. The van der Waals surface area contributed by atoms with Crippen LogP contribution in [0.2, 0.25) is 0 Å². The van der Waals surface area contributed by atoms with Crippen LogP contribution in [0.5, 0.6) is 0 Å². The number of aromatic nitrogens is 2. The number of hydrogen-bond donors (Lipinski definition) is 0. The van der Waals surface area contributed by atoms with Crippen LogP contribution in [0.3, 0.4) is 0 Å². The van der Waals surface area contributed by atoms with Crippen molar-refractivity contribution in [2.24, 2.45) is 0 Å². The fraction of sp³-hybridized carbons (Fsp3) is 0.533. The minimum atomic E-state index is -0.842. The number of halogens is 3. The second-order valence-electron chi connectivity index (χ2n) is 5.74. The minimum Gasteiger partial charge on any atom is -0.373 e. The molecule has 2 aliphatic heterocycles. The van der Waals surface area contributed by atoms with Crippen LogP contribution in [0.4, 0.5) is 8.78 Å². The van der Waals surface area contributed by atoms with E-state index in [1.807, 2.05) is 4.57 Å². The van der Waals surface area contributed by atoms with Gasteiger partial charge in [0.05, 0.1) is 23.8 Å². The number of alkyl halides is 1. The van der Waals surface area contributed by atoms with Crippen LogP contribution in [0, 0.1) is 11.6 Å². The van der Waals surface area contributed by atoms with Crippen molar-refractivity contribution >= 4 is 22.6 Å². The zero-order valence-electron chi connectivity index (χ0n) is 11.4. The van der Waals surface area contributed by atoms with Crippen molar-refractivity contribution in [3.63, 3.8) is 0 Å². The van der Waals surface area contributed by atoms with Gasteiger partial charge in [0.1, 0.15) is 11.3 Å². The van der Waals surface area contributed by atoms with Crippen LogP contribution in [0.1, 0.15) is 31.1 Å². The number of benzene rings is 1. The largest absolute Gasteiger partial charge is 0.373 e. The second-order valence-corrected chi connectivity index (χ2v) is 6.12. The van der Waals surface area contributed by atoms with Crippen LogP contribution in [0.15, 0.2) is 12.1 Å². The number of rotatable bonds is 3. The van der Waals surface area contributed by atoms with E-state index in [1.54, 1.807) is 0 Å². The van der Waals surface area contributed by atoms with Crippen molar-refractivity contribution in [1.82, 2.24) is 9.55 Å². The SMILES string of the molecule is Fc1ccc2nc(CCCl)n(C3CC4CCC3O4)c2c1F. The fourth-order valence-electron chi connectivity index (χ4n) is 3.67. The molecule has 112 valence electrons. The molecule has 0 amide bonds. The molecule has 21 heavy (non-hydrogen) atoms. The molecule has 0 spiro atoms. The first kappa shape index (κ1) is 13.5. The van der Waals surface area contributed by atoms with Crippen molar-refractivity contribution in [3.05, 3.63) is 29.6 Å². The smallest absolute Gasteiger partial charge is 0.184 e. The van der Waals surface area contributed by atoms with Gasteiger partial charge < -0.3 is 9.30 Å². The average molecular weight is 313 g/mol. The first-order valence-corrected chi connectivity index (χ1v) is 7.78. The van der Waals surface area contributed by atoms with E-state index in [4.69, 9.17) is 16.3 Å². The maximum absolute atomic E-state index is 14.3. The molecule has 0 aliphatic carbocycles. The Hall–Kier alpha value is -1.20. The van der Waals surface area contributed by atoms with Crippen LogP contribution < -0.4 is 0 Å². The molecular weight excluding hydrogens is 298 g/mol. The minimum absolute atomic E-state index is 0.0308. The van der Waals surface area contributed by atoms with Gasteiger partial charge in [-0.3, -0.25) is 0 Å². The summed E-state index contributed by atoms with van der Waals surface area (Å²) in [5.41, 5.74) is 0.730. The molecule has 2 saturated heterocycles. The molecular formula is C15H15ClF2N2O. The van der Waals surface area contributed by atoms with Crippen molar-refractivity contribution in [2.75, 3.05) is 5.88 Å². The lowest BCUT2D eigenvalue weighted by Crippen LogP contribution is -2.23. The van der Waals surface area contributed by atoms with Gasteiger partial charge in [-0.15, -0.1) is 11.6 Å². The third-order valence-corrected chi connectivity index (χ3v) is 4.73. The summed E-state index contributed by atoms with van der Waals surface area (Å²) in [6.07, 6.45) is 3.69. The predicted octanol–water partition coefficient (Wildman–Crippen LogP) is 3.59. The Labute approximate surface area is 125 Å². The summed E-state index contributed by atoms with van der Waals surface area (Å²) >= 11 is 5.84. The summed E-state index contributed by atoms with van der Waals surface area (Å²) in [4.78, 5) is 4.45. The predicted molar refractivity (Wildman–Crippen MR) is 75.6 cm³/mol.